The first-order chi connectivity index (χ1) is 9.17. The van der Waals surface area contributed by atoms with E-state index in [0.29, 0.717) is 0 Å². The van der Waals surface area contributed by atoms with Gasteiger partial charge in [-0.05, 0) is 52.5 Å². The van der Waals surface area contributed by atoms with E-state index in [0.717, 1.165) is 27.4 Å². The van der Waals surface area contributed by atoms with E-state index in [4.69, 9.17) is 5.73 Å². The van der Waals surface area contributed by atoms with E-state index in [1.54, 1.807) is 18.0 Å². The number of aromatic nitrogens is 2. The standard InChI is InChI=1S/C14H16BrN3S/c1-2-12(16)7-10-3-5-13(17-8-10)19-14-6-4-11(15)9-18-14/h3-6,8-9,12H,2,7,16H2,1H3. The van der Waals surface area contributed by atoms with Crippen molar-refractivity contribution >= 4 is 27.7 Å². The van der Waals surface area contributed by atoms with Gasteiger partial charge >= 0.3 is 0 Å². The Kier molecular flexibility index (Phi) is 5.36. The molecule has 0 saturated heterocycles. The van der Waals surface area contributed by atoms with Crippen molar-refractivity contribution in [3.8, 4) is 0 Å². The van der Waals surface area contributed by atoms with Crippen molar-refractivity contribution in [3.05, 3.63) is 46.7 Å². The summed E-state index contributed by atoms with van der Waals surface area (Å²) in [4.78, 5) is 8.75. The van der Waals surface area contributed by atoms with Crippen LogP contribution in [0.15, 0.2) is 51.2 Å². The summed E-state index contributed by atoms with van der Waals surface area (Å²) >= 11 is 4.93. The van der Waals surface area contributed by atoms with E-state index in [-0.39, 0.29) is 6.04 Å². The quantitative estimate of drug-likeness (QED) is 0.904. The number of nitrogens with two attached hydrogens (primary N) is 1. The van der Waals surface area contributed by atoms with Crippen LogP contribution in [0, 0.1) is 0 Å². The van der Waals surface area contributed by atoms with Gasteiger partial charge in [-0.2, -0.15) is 0 Å². The van der Waals surface area contributed by atoms with Crippen molar-refractivity contribution in [1.29, 1.82) is 0 Å². The highest BCUT2D eigenvalue weighted by Crippen LogP contribution is 2.25. The Hall–Kier alpha value is -0.910. The Morgan fingerprint density at radius 2 is 1.84 bits per heavy atom. The first-order valence-electron chi connectivity index (χ1n) is 6.17. The van der Waals surface area contributed by atoms with Crippen LogP contribution in [0.4, 0.5) is 0 Å². The minimum absolute atomic E-state index is 0.216. The maximum Gasteiger partial charge on any atom is 0.102 e. The van der Waals surface area contributed by atoms with Gasteiger partial charge in [0, 0.05) is 22.9 Å². The summed E-state index contributed by atoms with van der Waals surface area (Å²) in [5, 5.41) is 1.89. The highest BCUT2D eigenvalue weighted by Gasteiger charge is 2.04. The molecule has 0 fully saturated rings. The number of nitrogens with zero attached hydrogens (tertiary/aromatic N) is 2. The van der Waals surface area contributed by atoms with Crippen LogP contribution in [0.25, 0.3) is 0 Å². The van der Waals surface area contributed by atoms with Crippen molar-refractivity contribution in [3.63, 3.8) is 0 Å². The number of hydrogen-bond acceptors (Lipinski definition) is 4. The minimum Gasteiger partial charge on any atom is -0.327 e. The number of pyridine rings is 2. The van der Waals surface area contributed by atoms with Crippen molar-refractivity contribution in [2.45, 2.75) is 35.9 Å². The number of halogens is 1. The van der Waals surface area contributed by atoms with Crippen LogP contribution < -0.4 is 5.73 Å². The van der Waals surface area contributed by atoms with Gasteiger partial charge in [-0.15, -0.1) is 0 Å². The average Bonchev–Trinajstić information content (AvgIpc) is 2.43. The molecule has 0 aliphatic carbocycles. The lowest BCUT2D eigenvalue weighted by atomic mass is 10.1. The van der Waals surface area contributed by atoms with Crippen LogP contribution in [-0.4, -0.2) is 16.0 Å². The molecule has 2 aromatic heterocycles. The SMILES string of the molecule is CCC(N)Cc1ccc(Sc2ccc(Br)cn2)nc1. The van der Waals surface area contributed by atoms with Crippen LogP contribution in [-0.2, 0) is 6.42 Å². The predicted molar refractivity (Wildman–Crippen MR) is 82.3 cm³/mol. The fourth-order valence-electron chi connectivity index (χ4n) is 1.57. The van der Waals surface area contributed by atoms with Gasteiger partial charge < -0.3 is 5.73 Å². The van der Waals surface area contributed by atoms with Crippen LogP contribution in [0.2, 0.25) is 0 Å². The molecule has 2 rings (SSSR count). The molecule has 19 heavy (non-hydrogen) atoms. The molecule has 0 aliphatic heterocycles. The van der Waals surface area contributed by atoms with Crippen molar-refractivity contribution in [2.75, 3.05) is 0 Å². The number of hydrogen-bond donors (Lipinski definition) is 1. The summed E-state index contributed by atoms with van der Waals surface area (Å²) in [5.74, 6) is 0. The van der Waals surface area contributed by atoms with Gasteiger partial charge in [-0.3, -0.25) is 0 Å². The molecule has 0 radical (unpaired) electrons. The van der Waals surface area contributed by atoms with E-state index in [1.807, 2.05) is 24.4 Å². The Balaban J connectivity index is 2.00. The molecule has 0 spiro atoms. The number of rotatable bonds is 5. The van der Waals surface area contributed by atoms with E-state index in [2.05, 4.69) is 38.9 Å². The summed E-state index contributed by atoms with van der Waals surface area (Å²) < 4.78 is 0.980. The summed E-state index contributed by atoms with van der Waals surface area (Å²) in [6, 6.07) is 8.27. The molecule has 2 heterocycles. The minimum atomic E-state index is 0.216. The first-order valence-corrected chi connectivity index (χ1v) is 7.78. The fraction of sp³-hybridized carbons (Fsp3) is 0.286. The molecule has 100 valence electrons. The highest BCUT2D eigenvalue weighted by atomic mass is 79.9. The Morgan fingerprint density at radius 3 is 2.37 bits per heavy atom. The summed E-state index contributed by atoms with van der Waals surface area (Å²) in [6.07, 6.45) is 5.55. The van der Waals surface area contributed by atoms with Crippen LogP contribution in [0.3, 0.4) is 0 Å². The maximum atomic E-state index is 5.93. The predicted octanol–water partition coefficient (Wildman–Crippen LogP) is 3.67. The molecule has 0 bridgehead atoms. The Bertz CT molecular complexity index is 513. The lowest BCUT2D eigenvalue weighted by Crippen LogP contribution is -2.21. The van der Waals surface area contributed by atoms with Gasteiger partial charge in [-0.1, -0.05) is 24.8 Å². The third kappa shape index (κ3) is 4.60. The van der Waals surface area contributed by atoms with Gasteiger partial charge in [0.1, 0.15) is 10.1 Å². The van der Waals surface area contributed by atoms with Crippen LogP contribution in [0.5, 0.6) is 0 Å². The van der Waals surface area contributed by atoms with Crippen molar-refractivity contribution in [1.82, 2.24) is 9.97 Å². The molecule has 5 heteroatoms. The van der Waals surface area contributed by atoms with Gasteiger partial charge in [-0.25, -0.2) is 9.97 Å². The third-order valence-corrected chi connectivity index (χ3v) is 4.10. The van der Waals surface area contributed by atoms with Gasteiger partial charge in [0.15, 0.2) is 0 Å². The lowest BCUT2D eigenvalue weighted by molar-refractivity contribution is 0.644. The first kappa shape index (κ1) is 14.5. The second kappa shape index (κ2) is 7.03. The molecule has 2 N–H and O–H groups in total. The normalized spacial score (nSPS) is 12.4. The fourth-order valence-corrected chi connectivity index (χ4v) is 2.50. The maximum absolute atomic E-state index is 5.93. The third-order valence-electron chi connectivity index (χ3n) is 2.73. The second-order valence-electron chi connectivity index (χ2n) is 4.29. The highest BCUT2D eigenvalue weighted by molar-refractivity contribution is 9.10. The van der Waals surface area contributed by atoms with Gasteiger partial charge in [0.25, 0.3) is 0 Å². The molecule has 1 unspecified atom stereocenters. The average molecular weight is 338 g/mol. The summed E-state index contributed by atoms with van der Waals surface area (Å²) in [6.45, 7) is 2.10. The van der Waals surface area contributed by atoms with E-state index < -0.39 is 0 Å². The molecule has 0 saturated carbocycles. The van der Waals surface area contributed by atoms with E-state index in [9.17, 15) is 0 Å². The zero-order chi connectivity index (χ0) is 13.7. The zero-order valence-corrected chi connectivity index (χ0v) is 13.1. The Morgan fingerprint density at radius 1 is 1.16 bits per heavy atom. The molecule has 0 aromatic carbocycles. The topological polar surface area (TPSA) is 51.8 Å². The molecular weight excluding hydrogens is 322 g/mol. The van der Waals surface area contributed by atoms with Crippen LogP contribution >= 0.6 is 27.7 Å². The summed E-state index contributed by atoms with van der Waals surface area (Å²) in [5.41, 5.74) is 7.12. The monoisotopic (exact) mass is 337 g/mol. The van der Waals surface area contributed by atoms with Gasteiger partial charge in [0.2, 0.25) is 0 Å². The van der Waals surface area contributed by atoms with E-state index >= 15 is 0 Å². The molecule has 1 atom stereocenters. The molecule has 0 aliphatic rings. The largest absolute Gasteiger partial charge is 0.327 e. The smallest absolute Gasteiger partial charge is 0.102 e. The molecule has 3 nitrogen and oxygen atoms in total. The van der Waals surface area contributed by atoms with Crippen molar-refractivity contribution < 1.29 is 0 Å². The van der Waals surface area contributed by atoms with Crippen LogP contribution in [0.1, 0.15) is 18.9 Å². The molecule has 2 aromatic rings. The zero-order valence-electron chi connectivity index (χ0n) is 10.7. The molecular formula is C14H16BrN3S. The Labute approximate surface area is 126 Å². The summed E-state index contributed by atoms with van der Waals surface area (Å²) in [7, 11) is 0. The lowest BCUT2D eigenvalue weighted by Gasteiger charge is -2.08. The second-order valence-corrected chi connectivity index (χ2v) is 6.25. The van der Waals surface area contributed by atoms with Gasteiger partial charge in [0.05, 0.1) is 0 Å². The van der Waals surface area contributed by atoms with E-state index in [1.165, 1.54) is 5.56 Å². The van der Waals surface area contributed by atoms with Crippen molar-refractivity contribution in [2.24, 2.45) is 5.73 Å². The molecule has 0 amide bonds.